The van der Waals surface area contributed by atoms with Crippen LogP contribution in [0.15, 0.2) is 29.2 Å². The summed E-state index contributed by atoms with van der Waals surface area (Å²) < 4.78 is 40.8. The fourth-order valence-corrected chi connectivity index (χ4v) is 2.60. The van der Waals surface area contributed by atoms with Crippen molar-refractivity contribution in [2.75, 3.05) is 12.4 Å². The van der Waals surface area contributed by atoms with E-state index in [1.807, 2.05) is 0 Å². The van der Waals surface area contributed by atoms with Crippen LogP contribution in [-0.2, 0) is 24.2 Å². The molecule has 1 aromatic rings. The second-order valence-corrected chi connectivity index (χ2v) is 5.72. The first kappa shape index (κ1) is 15.3. The van der Waals surface area contributed by atoms with E-state index < -0.39 is 39.6 Å². The van der Waals surface area contributed by atoms with Gasteiger partial charge in [-0.15, -0.1) is 0 Å². The maximum Gasteiger partial charge on any atom is 0.313 e. The predicted octanol–water partition coefficient (Wildman–Crippen LogP) is 1.12. The number of Topliss-reactive ketones (excluding diaryl/α,β-unsaturated/α-hetero) is 1. The zero-order valence-electron chi connectivity index (χ0n) is 10.3. The molecule has 0 aliphatic heterocycles. The summed E-state index contributed by atoms with van der Waals surface area (Å²) >= 11 is 0. The van der Waals surface area contributed by atoms with E-state index in [2.05, 4.69) is 4.74 Å². The third kappa shape index (κ3) is 4.78. The van der Waals surface area contributed by atoms with Crippen LogP contribution in [-0.4, -0.2) is 32.5 Å². The summed E-state index contributed by atoms with van der Waals surface area (Å²) in [5, 5.41) is 0. The summed E-state index contributed by atoms with van der Waals surface area (Å²) in [6, 6.07) is 4.12. The highest BCUT2D eigenvalue weighted by atomic mass is 32.2. The van der Waals surface area contributed by atoms with Crippen LogP contribution >= 0.6 is 0 Å². The van der Waals surface area contributed by atoms with Gasteiger partial charge in [-0.25, -0.2) is 12.8 Å². The average Bonchev–Trinajstić information content (AvgIpc) is 2.28. The number of carbonyl (C=O) groups excluding carboxylic acids is 2. The molecule has 0 aliphatic rings. The molecule has 19 heavy (non-hydrogen) atoms. The van der Waals surface area contributed by atoms with Crippen LogP contribution in [0.1, 0.15) is 13.3 Å². The number of ketones is 1. The normalized spacial score (nSPS) is 11.1. The Morgan fingerprint density at radius 2 is 1.79 bits per heavy atom. The van der Waals surface area contributed by atoms with Gasteiger partial charge in [-0.3, -0.25) is 9.59 Å². The van der Waals surface area contributed by atoms with E-state index in [4.69, 9.17) is 0 Å². The smallest absolute Gasteiger partial charge is 0.313 e. The zero-order valence-corrected chi connectivity index (χ0v) is 11.1. The molecule has 0 unspecified atom stereocenters. The predicted molar refractivity (Wildman–Crippen MR) is 64.7 cm³/mol. The van der Waals surface area contributed by atoms with Gasteiger partial charge >= 0.3 is 5.97 Å². The van der Waals surface area contributed by atoms with Gasteiger partial charge in [-0.2, -0.15) is 0 Å². The molecule has 0 atom stereocenters. The summed E-state index contributed by atoms with van der Waals surface area (Å²) in [4.78, 5) is 22.3. The third-order valence-corrected chi connectivity index (χ3v) is 3.86. The lowest BCUT2D eigenvalue weighted by molar-refractivity contribution is -0.145. The molecule has 0 aromatic heterocycles. The maximum absolute atomic E-state index is 12.7. The average molecular weight is 288 g/mol. The maximum atomic E-state index is 12.7. The molecule has 7 heteroatoms. The van der Waals surface area contributed by atoms with Crippen molar-refractivity contribution in [3.05, 3.63) is 30.1 Å². The van der Waals surface area contributed by atoms with Crippen molar-refractivity contribution in [2.24, 2.45) is 0 Å². The molecular formula is C12H13FO5S. The Hall–Kier alpha value is -1.76. The molecule has 0 bridgehead atoms. The van der Waals surface area contributed by atoms with Crippen molar-refractivity contribution in [1.29, 1.82) is 0 Å². The number of ether oxygens (including phenoxy) is 1. The quantitative estimate of drug-likeness (QED) is 0.445. The van der Waals surface area contributed by atoms with Crippen LogP contribution in [0.25, 0.3) is 0 Å². The molecule has 0 saturated carbocycles. The number of carbonyl (C=O) groups is 2. The lowest BCUT2D eigenvalue weighted by atomic mass is 10.3. The molecule has 0 heterocycles. The van der Waals surface area contributed by atoms with Crippen LogP contribution in [0, 0.1) is 5.82 Å². The summed E-state index contributed by atoms with van der Waals surface area (Å²) in [7, 11) is -3.86. The summed E-state index contributed by atoms with van der Waals surface area (Å²) in [5.41, 5.74) is 0. The van der Waals surface area contributed by atoms with Gasteiger partial charge in [-0.1, -0.05) is 0 Å². The van der Waals surface area contributed by atoms with E-state index in [1.165, 1.54) is 0 Å². The first-order valence-electron chi connectivity index (χ1n) is 5.51. The Morgan fingerprint density at radius 1 is 1.21 bits per heavy atom. The first-order valence-corrected chi connectivity index (χ1v) is 7.16. The fourth-order valence-electron chi connectivity index (χ4n) is 1.36. The van der Waals surface area contributed by atoms with Crippen molar-refractivity contribution in [3.63, 3.8) is 0 Å². The molecule has 0 aliphatic carbocycles. The summed E-state index contributed by atoms with van der Waals surface area (Å²) in [6.45, 7) is 1.70. The van der Waals surface area contributed by atoms with Crippen LogP contribution in [0.4, 0.5) is 4.39 Å². The molecular weight excluding hydrogens is 275 g/mol. The van der Waals surface area contributed by atoms with Crippen molar-refractivity contribution in [3.8, 4) is 0 Å². The first-order chi connectivity index (χ1) is 8.85. The molecule has 5 nitrogen and oxygen atoms in total. The molecule has 0 fully saturated rings. The summed E-state index contributed by atoms with van der Waals surface area (Å²) in [5.74, 6) is -2.90. The molecule has 0 radical (unpaired) electrons. The Balaban J connectivity index is 2.72. The van der Waals surface area contributed by atoms with E-state index in [0.717, 1.165) is 24.3 Å². The van der Waals surface area contributed by atoms with Crippen LogP contribution in [0.2, 0.25) is 0 Å². The molecule has 0 saturated heterocycles. The highest BCUT2D eigenvalue weighted by molar-refractivity contribution is 7.92. The molecule has 1 rings (SSSR count). The van der Waals surface area contributed by atoms with Crippen molar-refractivity contribution in [1.82, 2.24) is 0 Å². The number of rotatable bonds is 6. The van der Waals surface area contributed by atoms with Gasteiger partial charge in [0.05, 0.1) is 11.5 Å². The highest BCUT2D eigenvalue weighted by Gasteiger charge is 2.21. The van der Waals surface area contributed by atoms with E-state index in [1.54, 1.807) is 6.92 Å². The van der Waals surface area contributed by atoms with E-state index >= 15 is 0 Å². The van der Waals surface area contributed by atoms with E-state index in [9.17, 15) is 22.4 Å². The van der Waals surface area contributed by atoms with Gasteiger partial charge in [0.2, 0.25) is 0 Å². The summed E-state index contributed by atoms with van der Waals surface area (Å²) in [6.07, 6.45) is -0.589. The van der Waals surface area contributed by atoms with Crippen molar-refractivity contribution >= 4 is 21.6 Å². The minimum Gasteiger partial charge on any atom is -0.466 e. The Morgan fingerprint density at radius 3 is 2.32 bits per heavy atom. The second kappa shape index (κ2) is 6.42. The monoisotopic (exact) mass is 288 g/mol. The Labute approximate surface area is 110 Å². The molecule has 104 valence electrons. The topological polar surface area (TPSA) is 77.5 Å². The van der Waals surface area contributed by atoms with Gasteiger partial charge in [0.25, 0.3) is 0 Å². The van der Waals surface area contributed by atoms with Gasteiger partial charge in [-0.05, 0) is 31.2 Å². The highest BCUT2D eigenvalue weighted by Crippen LogP contribution is 2.12. The van der Waals surface area contributed by atoms with Gasteiger partial charge in [0, 0.05) is 0 Å². The van der Waals surface area contributed by atoms with E-state index in [-0.39, 0.29) is 11.5 Å². The number of benzene rings is 1. The SMILES string of the molecule is CCOC(=O)CC(=O)CS(=O)(=O)c1ccc(F)cc1. The zero-order chi connectivity index (χ0) is 14.5. The van der Waals surface area contributed by atoms with E-state index in [0.29, 0.717) is 0 Å². The van der Waals surface area contributed by atoms with Gasteiger partial charge < -0.3 is 4.74 Å². The van der Waals surface area contributed by atoms with Crippen LogP contribution < -0.4 is 0 Å². The minimum absolute atomic E-state index is 0.122. The van der Waals surface area contributed by atoms with Gasteiger partial charge in [0.1, 0.15) is 18.0 Å². The molecule has 0 N–H and O–H groups in total. The number of hydrogen-bond acceptors (Lipinski definition) is 5. The minimum atomic E-state index is -3.86. The van der Waals surface area contributed by atoms with Crippen molar-refractivity contribution in [2.45, 2.75) is 18.2 Å². The molecule has 1 aromatic carbocycles. The van der Waals surface area contributed by atoms with Crippen molar-refractivity contribution < 1.29 is 27.1 Å². The molecule has 0 amide bonds. The number of hydrogen-bond donors (Lipinski definition) is 0. The Bertz CT molecular complexity index is 562. The standard InChI is InChI=1S/C12H13FO5S/c1-2-18-12(15)7-10(14)8-19(16,17)11-5-3-9(13)4-6-11/h3-6H,2,7-8H2,1H3. The largest absolute Gasteiger partial charge is 0.466 e. The second-order valence-electron chi connectivity index (χ2n) is 3.73. The molecule has 0 spiro atoms. The van der Waals surface area contributed by atoms with Crippen LogP contribution in [0.5, 0.6) is 0 Å². The lowest BCUT2D eigenvalue weighted by Gasteiger charge is -2.04. The fraction of sp³-hybridized carbons (Fsp3) is 0.333. The van der Waals surface area contributed by atoms with Crippen LogP contribution in [0.3, 0.4) is 0 Å². The lowest BCUT2D eigenvalue weighted by Crippen LogP contribution is -2.20. The Kier molecular flexibility index (Phi) is 5.17. The number of halogens is 1. The van der Waals surface area contributed by atoms with Gasteiger partial charge in [0.15, 0.2) is 15.6 Å². The third-order valence-electron chi connectivity index (χ3n) is 2.17. The number of sulfone groups is 1. The number of esters is 1.